The quantitative estimate of drug-likeness (QED) is 0.230. The standard InChI is InChI=1S/C4H11N3O/c1-8-3-2-7-4(5)6/h2-3H2,1H3,(H4,5,6,7)/p+1. The van der Waals surface area contributed by atoms with Crippen LogP contribution in [0.25, 0.3) is 0 Å². The van der Waals surface area contributed by atoms with Crippen molar-refractivity contribution < 1.29 is 10.1 Å². The van der Waals surface area contributed by atoms with Crippen molar-refractivity contribution in [2.24, 2.45) is 5.73 Å². The van der Waals surface area contributed by atoms with Crippen LogP contribution in [0.3, 0.4) is 0 Å². The van der Waals surface area contributed by atoms with Crippen molar-refractivity contribution in [1.82, 2.24) is 0 Å². The second kappa shape index (κ2) is 4.55. The van der Waals surface area contributed by atoms with Gasteiger partial charge in [0, 0.05) is 7.11 Å². The molecule has 0 atom stereocenters. The molecule has 0 saturated carbocycles. The predicted octanol–water partition coefficient (Wildman–Crippen LogP) is -1.91. The van der Waals surface area contributed by atoms with E-state index in [-0.39, 0.29) is 5.96 Å². The van der Waals surface area contributed by atoms with Gasteiger partial charge in [0.25, 0.3) is 5.96 Å². The van der Waals surface area contributed by atoms with Gasteiger partial charge in [-0.15, -0.1) is 0 Å². The van der Waals surface area contributed by atoms with E-state index < -0.39 is 0 Å². The molecule has 0 heterocycles. The van der Waals surface area contributed by atoms with Crippen LogP contribution in [0.1, 0.15) is 0 Å². The Balaban J connectivity index is 2.82. The summed E-state index contributed by atoms with van der Waals surface area (Å²) in [6, 6.07) is 0. The summed E-state index contributed by atoms with van der Waals surface area (Å²) in [6.07, 6.45) is 0. The first kappa shape index (κ1) is 7.39. The molecule has 0 aromatic rings. The van der Waals surface area contributed by atoms with Crippen molar-refractivity contribution >= 4 is 5.96 Å². The van der Waals surface area contributed by atoms with Gasteiger partial charge in [-0.05, 0) is 0 Å². The van der Waals surface area contributed by atoms with Gasteiger partial charge in [0.1, 0.15) is 6.54 Å². The Morgan fingerprint density at radius 3 is 2.88 bits per heavy atom. The molecule has 0 fully saturated rings. The summed E-state index contributed by atoms with van der Waals surface area (Å²) in [7, 11) is 1.62. The normalized spacial score (nSPS) is 9.12. The third-order valence-corrected chi connectivity index (χ3v) is 0.686. The molecular formula is C4H12N3O+. The summed E-state index contributed by atoms with van der Waals surface area (Å²) < 4.78 is 4.71. The SMILES string of the molecule is COCC[NH2+]C(=N)N. The van der Waals surface area contributed by atoms with Crippen LogP contribution in [-0.2, 0) is 4.74 Å². The number of guanidine groups is 1. The van der Waals surface area contributed by atoms with Crippen molar-refractivity contribution in [3.05, 3.63) is 0 Å². The molecule has 0 radical (unpaired) electrons. The largest absolute Gasteiger partial charge is 0.379 e. The molecule has 4 heteroatoms. The maximum Gasteiger partial charge on any atom is 0.288 e. The fraction of sp³-hybridized carbons (Fsp3) is 0.750. The Labute approximate surface area is 48.5 Å². The first-order chi connectivity index (χ1) is 3.77. The molecule has 0 spiro atoms. The summed E-state index contributed by atoms with van der Waals surface area (Å²) in [6.45, 7) is 1.37. The van der Waals surface area contributed by atoms with Gasteiger partial charge in [-0.3, -0.25) is 5.32 Å². The molecule has 0 aromatic heterocycles. The van der Waals surface area contributed by atoms with E-state index in [4.69, 9.17) is 15.9 Å². The highest BCUT2D eigenvalue weighted by Gasteiger charge is 1.89. The van der Waals surface area contributed by atoms with E-state index in [1.807, 2.05) is 0 Å². The van der Waals surface area contributed by atoms with Gasteiger partial charge in [0.2, 0.25) is 0 Å². The van der Waals surface area contributed by atoms with Gasteiger partial charge in [-0.25, -0.2) is 5.41 Å². The van der Waals surface area contributed by atoms with E-state index in [0.717, 1.165) is 6.54 Å². The third kappa shape index (κ3) is 5.39. The third-order valence-electron chi connectivity index (χ3n) is 0.686. The number of nitrogens with one attached hydrogen (secondary N) is 1. The zero-order valence-electron chi connectivity index (χ0n) is 4.98. The van der Waals surface area contributed by atoms with E-state index in [0.29, 0.717) is 6.61 Å². The van der Waals surface area contributed by atoms with Crippen molar-refractivity contribution in [1.29, 1.82) is 5.41 Å². The maximum absolute atomic E-state index is 6.74. The molecule has 0 unspecified atom stereocenters. The second-order valence-electron chi connectivity index (χ2n) is 1.44. The number of quaternary nitrogens is 1. The van der Waals surface area contributed by atoms with Crippen LogP contribution in [-0.4, -0.2) is 26.2 Å². The molecule has 5 N–H and O–H groups in total. The van der Waals surface area contributed by atoms with Crippen LogP contribution in [0, 0.1) is 5.41 Å². The van der Waals surface area contributed by atoms with Crippen LogP contribution in [0.5, 0.6) is 0 Å². The second-order valence-corrected chi connectivity index (χ2v) is 1.44. The molecule has 0 bridgehead atoms. The number of rotatable bonds is 3. The molecule has 0 aliphatic rings. The lowest BCUT2D eigenvalue weighted by atomic mass is 10.7. The van der Waals surface area contributed by atoms with Crippen LogP contribution in [0.4, 0.5) is 0 Å². The fourth-order valence-corrected chi connectivity index (χ4v) is 0.332. The van der Waals surface area contributed by atoms with Crippen molar-refractivity contribution in [3.8, 4) is 0 Å². The Morgan fingerprint density at radius 1 is 1.88 bits per heavy atom. The minimum atomic E-state index is 0.113. The zero-order chi connectivity index (χ0) is 6.41. The maximum atomic E-state index is 6.74. The van der Waals surface area contributed by atoms with Gasteiger partial charge in [0.05, 0.1) is 6.61 Å². The van der Waals surface area contributed by atoms with Crippen LogP contribution >= 0.6 is 0 Å². The fourth-order valence-electron chi connectivity index (χ4n) is 0.332. The predicted molar refractivity (Wildman–Crippen MR) is 30.6 cm³/mol. The molecule has 0 saturated heterocycles. The monoisotopic (exact) mass is 118 g/mol. The van der Waals surface area contributed by atoms with Crippen molar-refractivity contribution in [3.63, 3.8) is 0 Å². The highest BCUT2D eigenvalue weighted by atomic mass is 16.5. The zero-order valence-corrected chi connectivity index (χ0v) is 4.98. The summed E-state index contributed by atoms with van der Waals surface area (Å²) in [5.74, 6) is 0.113. The number of hydrogen-bond donors (Lipinski definition) is 3. The average molecular weight is 118 g/mol. The van der Waals surface area contributed by atoms with Gasteiger partial charge < -0.3 is 10.5 Å². The van der Waals surface area contributed by atoms with Gasteiger partial charge in [-0.1, -0.05) is 0 Å². The van der Waals surface area contributed by atoms with E-state index >= 15 is 0 Å². The smallest absolute Gasteiger partial charge is 0.288 e. The molecular weight excluding hydrogens is 106 g/mol. The lowest BCUT2D eigenvalue weighted by Gasteiger charge is -1.94. The van der Waals surface area contributed by atoms with E-state index in [1.54, 1.807) is 12.4 Å². The molecule has 4 nitrogen and oxygen atoms in total. The van der Waals surface area contributed by atoms with E-state index in [1.165, 1.54) is 0 Å². The van der Waals surface area contributed by atoms with E-state index in [9.17, 15) is 0 Å². The Morgan fingerprint density at radius 2 is 2.50 bits per heavy atom. The molecule has 8 heavy (non-hydrogen) atoms. The first-order valence-electron chi connectivity index (χ1n) is 2.43. The highest BCUT2D eigenvalue weighted by molar-refractivity contribution is 5.63. The minimum absolute atomic E-state index is 0.113. The number of methoxy groups -OCH3 is 1. The number of ether oxygens (including phenoxy) is 1. The molecule has 0 aromatic carbocycles. The van der Waals surface area contributed by atoms with Crippen LogP contribution < -0.4 is 11.1 Å². The van der Waals surface area contributed by atoms with Crippen LogP contribution in [0.15, 0.2) is 0 Å². The Bertz CT molecular complexity index is 73.7. The average Bonchev–Trinajstić information content (AvgIpc) is 1.66. The van der Waals surface area contributed by atoms with Gasteiger partial charge in [-0.2, -0.15) is 0 Å². The Hall–Kier alpha value is -0.610. The van der Waals surface area contributed by atoms with E-state index in [2.05, 4.69) is 0 Å². The van der Waals surface area contributed by atoms with Crippen LogP contribution in [0.2, 0.25) is 0 Å². The molecule has 0 aliphatic heterocycles. The van der Waals surface area contributed by atoms with Gasteiger partial charge in [0.15, 0.2) is 0 Å². The highest BCUT2D eigenvalue weighted by Crippen LogP contribution is 1.53. The summed E-state index contributed by atoms with van der Waals surface area (Å²) >= 11 is 0. The number of nitrogens with two attached hydrogens (primary N) is 2. The molecule has 0 amide bonds. The first-order valence-corrected chi connectivity index (χ1v) is 2.43. The molecule has 0 rings (SSSR count). The van der Waals surface area contributed by atoms with Crippen molar-refractivity contribution in [2.75, 3.05) is 20.3 Å². The summed E-state index contributed by atoms with van der Waals surface area (Å²) in [5, 5.41) is 8.35. The summed E-state index contributed by atoms with van der Waals surface area (Å²) in [5.41, 5.74) is 5.01. The summed E-state index contributed by atoms with van der Waals surface area (Å²) in [4.78, 5) is 0. The Kier molecular flexibility index (Phi) is 4.20. The minimum Gasteiger partial charge on any atom is -0.379 e. The molecule has 48 valence electrons. The van der Waals surface area contributed by atoms with Gasteiger partial charge >= 0.3 is 0 Å². The number of hydrogen-bond acceptors (Lipinski definition) is 2. The lowest BCUT2D eigenvalue weighted by molar-refractivity contribution is -0.545. The topological polar surface area (TPSA) is 75.7 Å². The van der Waals surface area contributed by atoms with Crippen molar-refractivity contribution in [2.45, 2.75) is 0 Å². The molecule has 0 aliphatic carbocycles. The lowest BCUT2D eigenvalue weighted by Crippen LogP contribution is -2.91.